The second kappa shape index (κ2) is 4.75. The molecule has 1 saturated heterocycles. The van der Waals surface area contributed by atoms with E-state index in [-0.39, 0.29) is 11.7 Å². The van der Waals surface area contributed by atoms with Gasteiger partial charge in [-0.3, -0.25) is 0 Å². The van der Waals surface area contributed by atoms with Gasteiger partial charge in [0.1, 0.15) is 11.4 Å². The highest BCUT2D eigenvalue weighted by Crippen LogP contribution is 2.56. The maximum absolute atomic E-state index is 6.37. The normalized spacial score (nSPS) is 37.7. The molecule has 0 amide bonds. The van der Waals surface area contributed by atoms with E-state index in [1.165, 1.54) is 5.56 Å². The molecule has 0 spiro atoms. The minimum Gasteiger partial charge on any atom is -0.344 e. The van der Waals surface area contributed by atoms with Crippen LogP contribution in [-0.4, -0.2) is 27.5 Å². The van der Waals surface area contributed by atoms with Crippen LogP contribution in [0.4, 0.5) is 0 Å². The Kier molecular flexibility index (Phi) is 3.37. The van der Waals surface area contributed by atoms with Crippen molar-refractivity contribution in [3.05, 3.63) is 23.3 Å². The van der Waals surface area contributed by atoms with Crippen LogP contribution in [-0.2, 0) is 9.47 Å². The minimum absolute atomic E-state index is 0.156. The highest BCUT2D eigenvalue weighted by molar-refractivity contribution is 5.29. The third kappa shape index (κ3) is 2.29. The molecule has 1 aromatic heterocycles. The van der Waals surface area contributed by atoms with Crippen LogP contribution in [0.1, 0.15) is 63.5 Å². The van der Waals surface area contributed by atoms with Crippen LogP contribution >= 0.6 is 0 Å². The van der Waals surface area contributed by atoms with E-state index in [9.17, 15) is 0 Å². The molecule has 4 heteroatoms. The molecule has 1 aliphatic carbocycles. The highest BCUT2D eigenvalue weighted by Gasteiger charge is 2.61. The van der Waals surface area contributed by atoms with Crippen LogP contribution in [0, 0.1) is 19.8 Å². The van der Waals surface area contributed by atoms with Gasteiger partial charge in [-0.25, -0.2) is 9.97 Å². The number of fused-ring (bicyclic) bond motifs is 1. The molecule has 4 nitrogen and oxygen atoms in total. The van der Waals surface area contributed by atoms with Crippen molar-refractivity contribution in [2.24, 2.45) is 5.92 Å². The summed E-state index contributed by atoms with van der Waals surface area (Å²) >= 11 is 0. The van der Waals surface area contributed by atoms with Crippen LogP contribution in [0.25, 0.3) is 0 Å². The van der Waals surface area contributed by atoms with Crippen LogP contribution in [0.5, 0.6) is 0 Å². The van der Waals surface area contributed by atoms with Crippen molar-refractivity contribution in [1.29, 1.82) is 0 Å². The van der Waals surface area contributed by atoms with E-state index < -0.39 is 5.79 Å². The molecule has 0 radical (unpaired) electrons. The lowest BCUT2D eigenvalue weighted by Crippen LogP contribution is -2.39. The van der Waals surface area contributed by atoms with Crippen LogP contribution in [0.3, 0.4) is 0 Å². The number of aromatic nitrogens is 2. The molecule has 3 rings (SSSR count). The quantitative estimate of drug-likeness (QED) is 0.836. The third-order valence-corrected chi connectivity index (χ3v) is 5.14. The molecule has 1 aromatic rings. The number of ether oxygens (including phenoxy) is 2. The van der Waals surface area contributed by atoms with E-state index in [0.717, 1.165) is 24.4 Å². The first kappa shape index (κ1) is 14.9. The SMILES string of the molecule is CC[C@H]1C[C@@H](c2cnc(C)nc2C)[C@]2(C)OC(C)(C)O[C@H]12. The number of rotatable bonds is 2. The molecular formula is C17H26N2O2. The Labute approximate surface area is 127 Å². The van der Waals surface area contributed by atoms with Crippen LogP contribution in [0.2, 0.25) is 0 Å². The lowest BCUT2D eigenvalue weighted by atomic mass is 9.85. The van der Waals surface area contributed by atoms with Crippen LogP contribution < -0.4 is 0 Å². The number of nitrogens with zero attached hydrogens (tertiary/aromatic N) is 2. The maximum Gasteiger partial charge on any atom is 0.164 e. The summed E-state index contributed by atoms with van der Waals surface area (Å²) in [6.45, 7) is 12.5. The molecule has 0 bridgehead atoms. The first-order valence-electron chi connectivity index (χ1n) is 7.95. The summed E-state index contributed by atoms with van der Waals surface area (Å²) in [7, 11) is 0. The third-order valence-electron chi connectivity index (χ3n) is 5.14. The van der Waals surface area contributed by atoms with Crippen molar-refractivity contribution < 1.29 is 9.47 Å². The Morgan fingerprint density at radius 2 is 2.00 bits per heavy atom. The topological polar surface area (TPSA) is 44.2 Å². The monoisotopic (exact) mass is 290 g/mol. The van der Waals surface area contributed by atoms with E-state index in [1.54, 1.807) is 0 Å². The molecule has 4 atom stereocenters. The average molecular weight is 290 g/mol. The van der Waals surface area contributed by atoms with Crippen molar-refractivity contribution in [2.75, 3.05) is 0 Å². The Hall–Kier alpha value is -1.00. The summed E-state index contributed by atoms with van der Waals surface area (Å²) in [6, 6.07) is 0. The molecule has 21 heavy (non-hydrogen) atoms. The van der Waals surface area contributed by atoms with Gasteiger partial charge < -0.3 is 9.47 Å². The smallest absolute Gasteiger partial charge is 0.164 e. The Bertz CT molecular complexity index is 558. The number of hydrogen-bond donors (Lipinski definition) is 0. The van der Waals surface area contributed by atoms with Crippen molar-refractivity contribution >= 4 is 0 Å². The van der Waals surface area contributed by atoms with Gasteiger partial charge in [-0.15, -0.1) is 0 Å². The van der Waals surface area contributed by atoms with E-state index in [4.69, 9.17) is 9.47 Å². The Morgan fingerprint density at radius 3 is 2.62 bits per heavy atom. The second-order valence-electron chi connectivity index (χ2n) is 7.14. The lowest BCUT2D eigenvalue weighted by Gasteiger charge is -2.31. The first-order chi connectivity index (χ1) is 9.77. The number of hydrogen-bond acceptors (Lipinski definition) is 4. The van der Waals surface area contributed by atoms with Gasteiger partial charge in [0.15, 0.2) is 5.79 Å². The van der Waals surface area contributed by atoms with Gasteiger partial charge in [0, 0.05) is 17.8 Å². The summed E-state index contributed by atoms with van der Waals surface area (Å²) in [5, 5.41) is 0. The fourth-order valence-electron chi connectivity index (χ4n) is 4.28. The lowest BCUT2D eigenvalue weighted by molar-refractivity contribution is -0.171. The van der Waals surface area contributed by atoms with Crippen molar-refractivity contribution in [2.45, 2.75) is 77.8 Å². The second-order valence-corrected chi connectivity index (χ2v) is 7.14. The highest BCUT2D eigenvalue weighted by atomic mass is 16.8. The molecule has 116 valence electrons. The van der Waals surface area contributed by atoms with Gasteiger partial charge in [0.2, 0.25) is 0 Å². The largest absolute Gasteiger partial charge is 0.344 e. The van der Waals surface area contributed by atoms with Gasteiger partial charge in [-0.2, -0.15) is 0 Å². The summed E-state index contributed by atoms with van der Waals surface area (Å²) < 4.78 is 12.6. The fraction of sp³-hybridized carbons (Fsp3) is 0.765. The average Bonchev–Trinajstić information content (AvgIpc) is 2.76. The van der Waals surface area contributed by atoms with E-state index in [1.807, 2.05) is 27.0 Å². The zero-order valence-electron chi connectivity index (χ0n) is 13.9. The summed E-state index contributed by atoms with van der Waals surface area (Å²) in [5.74, 6) is 1.15. The van der Waals surface area contributed by atoms with Gasteiger partial charge >= 0.3 is 0 Å². The van der Waals surface area contributed by atoms with E-state index in [2.05, 4.69) is 30.7 Å². The van der Waals surface area contributed by atoms with Gasteiger partial charge in [-0.05, 0) is 52.5 Å². The summed E-state index contributed by atoms with van der Waals surface area (Å²) in [6.07, 6.45) is 4.34. The Balaban J connectivity index is 2.03. The Morgan fingerprint density at radius 1 is 1.29 bits per heavy atom. The molecule has 2 aliphatic rings. The predicted octanol–water partition coefficient (Wildman–Crippen LogP) is 3.52. The van der Waals surface area contributed by atoms with E-state index >= 15 is 0 Å². The molecule has 0 unspecified atom stereocenters. The van der Waals surface area contributed by atoms with Crippen molar-refractivity contribution in [3.8, 4) is 0 Å². The van der Waals surface area contributed by atoms with Crippen molar-refractivity contribution in [3.63, 3.8) is 0 Å². The van der Waals surface area contributed by atoms with Crippen LogP contribution in [0.15, 0.2) is 6.20 Å². The van der Waals surface area contributed by atoms with Gasteiger partial charge in [0.25, 0.3) is 0 Å². The first-order valence-corrected chi connectivity index (χ1v) is 7.95. The molecular weight excluding hydrogens is 264 g/mol. The van der Waals surface area contributed by atoms with Gasteiger partial charge in [0.05, 0.1) is 6.10 Å². The molecule has 2 fully saturated rings. The molecule has 1 saturated carbocycles. The minimum atomic E-state index is -0.509. The molecule has 0 N–H and O–H groups in total. The summed E-state index contributed by atoms with van der Waals surface area (Å²) in [4.78, 5) is 8.95. The zero-order valence-corrected chi connectivity index (χ0v) is 13.9. The molecule has 0 aromatic carbocycles. The maximum atomic E-state index is 6.37. The standard InChI is InChI=1S/C17H26N2O2/c1-7-12-8-14(13-9-18-11(3)19-10(13)2)17(6)15(12)20-16(4,5)21-17/h9,12,14-15H,7-8H2,1-6H3/t12-,14-,15+,17-/m0/s1. The summed E-state index contributed by atoms with van der Waals surface area (Å²) in [5.41, 5.74) is 2.00. The molecule has 2 heterocycles. The predicted molar refractivity (Wildman–Crippen MR) is 81.1 cm³/mol. The van der Waals surface area contributed by atoms with Crippen molar-refractivity contribution in [1.82, 2.24) is 9.97 Å². The van der Waals surface area contributed by atoms with E-state index in [0.29, 0.717) is 11.8 Å². The fourth-order valence-corrected chi connectivity index (χ4v) is 4.28. The zero-order chi connectivity index (χ0) is 15.4. The van der Waals surface area contributed by atoms with Gasteiger partial charge in [-0.1, -0.05) is 13.3 Å². The number of aryl methyl sites for hydroxylation is 2. The molecule has 1 aliphatic heterocycles.